The van der Waals surface area contributed by atoms with Gasteiger partial charge in [0.15, 0.2) is 5.82 Å². The number of hydrogen-bond donors (Lipinski definition) is 1. The fourth-order valence-corrected chi connectivity index (χ4v) is 1.21. The molecule has 1 heterocycles. The first-order chi connectivity index (χ1) is 6.77. The topological polar surface area (TPSA) is 49.2 Å². The first kappa shape index (κ1) is 10.9. The van der Waals surface area contributed by atoms with Gasteiger partial charge in [-0.3, -0.25) is 0 Å². The normalized spacial score (nSPS) is 10.2. The molecule has 0 aliphatic carbocycles. The van der Waals surface area contributed by atoms with Crippen molar-refractivity contribution in [2.75, 3.05) is 25.1 Å². The standard InChI is InChI=1S/C10H17N3O/c1-3-4-9-5-6-10(12-11-9)13(2)7-8-14/h5-6,14H,3-4,7-8H2,1-2H3. The lowest BCUT2D eigenvalue weighted by molar-refractivity contribution is 0.303. The van der Waals surface area contributed by atoms with Crippen molar-refractivity contribution in [1.82, 2.24) is 10.2 Å². The summed E-state index contributed by atoms with van der Waals surface area (Å²) in [4.78, 5) is 1.88. The van der Waals surface area contributed by atoms with E-state index >= 15 is 0 Å². The molecule has 0 radical (unpaired) electrons. The fourth-order valence-electron chi connectivity index (χ4n) is 1.21. The Morgan fingerprint density at radius 3 is 2.64 bits per heavy atom. The van der Waals surface area contributed by atoms with Gasteiger partial charge in [0.1, 0.15) is 0 Å². The Morgan fingerprint density at radius 2 is 2.14 bits per heavy atom. The number of rotatable bonds is 5. The van der Waals surface area contributed by atoms with E-state index in [1.165, 1.54) is 0 Å². The van der Waals surface area contributed by atoms with Crippen molar-refractivity contribution in [3.8, 4) is 0 Å². The number of aromatic nitrogens is 2. The van der Waals surface area contributed by atoms with Gasteiger partial charge in [-0.05, 0) is 18.6 Å². The Bertz CT molecular complexity index is 261. The zero-order valence-electron chi connectivity index (χ0n) is 8.77. The van der Waals surface area contributed by atoms with Crippen LogP contribution >= 0.6 is 0 Å². The van der Waals surface area contributed by atoms with Crippen molar-refractivity contribution >= 4 is 5.82 Å². The van der Waals surface area contributed by atoms with Crippen LogP contribution in [0, 0.1) is 0 Å². The van der Waals surface area contributed by atoms with Gasteiger partial charge in [-0.2, -0.15) is 5.10 Å². The van der Waals surface area contributed by atoms with Gasteiger partial charge < -0.3 is 10.0 Å². The maximum atomic E-state index is 8.75. The summed E-state index contributed by atoms with van der Waals surface area (Å²) in [6, 6.07) is 3.92. The molecule has 0 aromatic carbocycles. The van der Waals surface area contributed by atoms with Crippen LogP contribution in [0.3, 0.4) is 0 Å². The highest BCUT2D eigenvalue weighted by Crippen LogP contribution is 2.07. The lowest BCUT2D eigenvalue weighted by Crippen LogP contribution is -2.22. The second-order valence-electron chi connectivity index (χ2n) is 3.28. The number of nitrogens with zero attached hydrogens (tertiary/aromatic N) is 3. The van der Waals surface area contributed by atoms with E-state index in [-0.39, 0.29) is 6.61 Å². The smallest absolute Gasteiger partial charge is 0.151 e. The lowest BCUT2D eigenvalue weighted by Gasteiger charge is -2.15. The minimum absolute atomic E-state index is 0.134. The first-order valence-corrected chi connectivity index (χ1v) is 4.92. The van der Waals surface area contributed by atoms with Crippen molar-refractivity contribution in [2.24, 2.45) is 0 Å². The van der Waals surface area contributed by atoms with Crippen molar-refractivity contribution < 1.29 is 5.11 Å². The van der Waals surface area contributed by atoms with Gasteiger partial charge >= 0.3 is 0 Å². The molecule has 0 amide bonds. The van der Waals surface area contributed by atoms with Crippen LogP contribution in [0.1, 0.15) is 19.0 Å². The van der Waals surface area contributed by atoms with Crippen LogP contribution in [0.15, 0.2) is 12.1 Å². The third-order valence-electron chi connectivity index (χ3n) is 2.04. The zero-order valence-corrected chi connectivity index (χ0v) is 8.77. The molecule has 0 aliphatic heterocycles. The largest absolute Gasteiger partial charge is 0.395 e. The number of aliphatic hydroxyl groups is 1. The van der Waals surface area contributed by atoms with Crippen LogP contribution in [0.25, 0.3) is 0 Å². The minimum Gasteiger partial charge on any atom is -0.395 e. The fraction of sp³-hybridized carbons (Fsp3) is 0.600. The molecule has 1 rings (SSSR count). The van der Waals surface area contributed by atoms with Crippen LogP contribution in [-0.2, 0) is 6.42 Å². The highest BCUT2D eigenvalue weighted by atomic mass is 16.3. The van der Waals surface area contributed by atoms with Gasteiger partial charge in [-0.15, -0.1) is 5.10 Å². The number of anilines is 1. The maximum absolute atomic E-state index is 8.75. The Kier molecular flexibility index (Phi) is 4.32. The van der Waals surface area contributed by atoms with E-state index in [4.69, 9.17) is 5.11 Å². The Labute approximate surface area is 84.6 Å². The van der Waals surface area contributed by atoms with Crippen molar-refractivity contribution in [3.63, 3.8) is 0 Å². The summed E-state index contributed by atoms with van der Waals surface area (Å²) in [7, 11) is 1.89. The van der Waals surface area contributed by atoms with E-state index in [0.717, 1.165) is 24.4 Å². The number of aryl methyl sites for hydroxylation is 1. The predicted octanol–water partition coefficient (Wildman–Crippen LogP) is 0.858. The Hall–Kier alpha value is -1.16. The molecule has 4 nitrogen and oxygen atoms in total. The number of aliphatic hydroxyl groups excluding tert-OH is 1. The highest BCUT2D eigenvalue weighted by molar-refractivity contribution is 5.35. The summed E-state index contributed by atoms with van der Waals surface area (Å²) in [5.74, 6) is 0.805. The first-order valence-electron chi connectivity index (χ1n) is 4.92. The van der Waals surface area contributed by atoms with Crippen molar-refractivity contribution in [2.45, 2.75) is 19.8 Å². The van der Waals surface area contributed by atoms with E-state index in [2.05, 4.69) is 17.1 Å². The average Bonchev–Trinajstić information content (AvgIpc) is 2.20. The monoisotopic (exact) mass is 195 g/mol. The quantitative estimate of drug-likeness (QED) is 0.757. The molecule has 0 fully saturated rings. The van der Waals surface area contributed by atoms with Crippen LogP contribution in [0.4, 0.5) is 5.82 Å². The van der Waals surface area contributed by atoms with E-state index in [1.807, 2.05) is 24.1 Å². The second kappa shape index (κ2) is 5.54. The van der Waals surface area contributed by atoms with Crippen LogP contribution in [0.5, 0.6) is 0 Å². The van der Waals surface area contributed by atoms with E-state index < -0.39 is 0 Å². The minimum atomic E-state index is 0.134. The zero-order chi connectivity index (χ0) is 10.4. The summed E-state index contributed by atoms with van der Waals surface area (Å²) in [5.41, 5.74) is 1.02. The molecule has 78 valence electrons. The molecule has 1 aromatic rings. The SMILES string of the molecule is CCCc1ccc(N(C)CCO)nn1. The maximum Gasteiger partial charge on any atom is 0.151 e. The molecule has 0 saturated heterocycles. The van der Waals surface area contributed by atoms with Gasteiger partial charge in [0.05, 0.1) is 12.3 Å². The summed E-state index contributed by atoms with van der Waals surface area (Å²) in [6.07, 6.45) is 2.05. The molecular formula is C10H17N3O. The van der Waals surface area contributed by atoms with Crippen LogP contribution in [0.2, 0.25) is 0 Å². The second-order valence-corrected chi connectivity index (χ2v) is 3.28. The molecule has 0 aliphatic rings. The molecule has 0 unspecified atom stereocenters. The van der Waals surface area contributed by atoms with Crippen molar-refractivity contribution in [3.05, 3.63) is 17.8 Å². The molecule has 0 saturated carbocycles. The molecule has 1 aromatic heterocycles. The van der Waals surface area contributed by atoms with Gasteiger partial charge in [0, 0.05) is 13.6 Å². The number of likely N-dealkylation sites (N-methyl/N-ethyl adjacent to an activating group) is 1. The third kappa shape index (κ3) is 2.96. The molecule has 1 N–H and O–H groups in total. The summed E-state index contributed by atoms with van der Waals surface area (Å²) in [6.45, 7) is 2.84. The molecule has 4 heteroatoms. The van der Waals surface area contributed by atoms with Crippen LogP contribution in [-0.4, -0.2) is 35.5 Å². The van der Waals surface area contributed by atoms with E-state index in [0.29, 0.717) is 6.54 Å². The van der Waals surface area contributed by atoms with Gasteiger partial charge in [0.25, 0.3) is 0 Å². The molecular weight excluding hydrogens is 178 g/mol. The van der Waals surface area contributed by atoms with Gasteiger partial charge in [-0.25, -0.2) is 0 Å². The van der Waals surface area contributed by atoms with Gasteiger partial charge in [0.2, 0.25) is 0 Å². The molecule has 14 heavy (non-hydrogen) atoms. The van der Waals surface area contributed by atoms with E-state index in [1.54, 1.807) is 0 Å². The highest BCUT2D eigenvalue weighted by Gasteiger charge is 2.01. The third-order valence-corrected chi connectivity index (χ3v) is 2.04. The predicted molar refractivity (Wildman–Crippen MR) is 56.4 cm³/mol. The van der Waals surface area contributed by atoms with E-state index in [9.17, 15) is 0 Å². The summed E-state index contributed by atoms with van der Waals surface area (Å²) < 4.78 is 0. The van der Waals surface area contributed by atoms with Crippen molar-refractivity contribution in [1.29, 1.82) is 0 Å². The molecule has 0 atom stereocenters. The Balaban J connectivity index is 2.62. The average molecular weight is 195 g/mol. The van der Waals surface area contributed by atoms with Crippen LogP contribution < -0.4 is 4.90 Å². The Morgan fingerprint density at radius 1 is 1.36 bits per heavy atom. The molecule has 0 spiro atoms. The number of hydrogen-bond acceptors (Lipinski definition) is 4. The molecule has 0 bridgehead atoms. The summed E-state index contributed by atoms with van der Waals surface area (Å²) in [5, 5.41) is 16.9. The lowest BCUT2D eigenvalue weighted by atomic mass is 10.2. The van der Waals surface area contributed by atoms with Gasteiger partial charge in [-0.1, -0.05) is 13.3 Å². The summed E-state index contributed by atoms with van der Waals surface area (Å²) >= 11 is 0.